The largest absolute Gasteiger partial charge is 0.480 e. The summed E-state index contributed by atoms with van der Waals surface area (Å²) in [5, 5.41) is 10.1. The van der Waals surface area contributed by atoms with Gasteiger partial charge in [0.25, 0.3) is 0 Å². The van der Waals surface area contributed by atoms with E-state index in [0.717, 1.165) is 56.2 Å². The van der Waals surface area contributed by atoms with Gasteiger partial charge in [-0.2, -0.15) is 0 Å². The molecule has 1 aromatic rings. The molecule has 4 nitrogen and oxygen atoms in total. The Labute approximate surface area is 131 Å². The molecule has 2 rings (SSSR count). The number of piperazine rings is 1. The lowest BCUT2D eigenvalue weighted by Crippen LogP contribution is -2.52. The third-order valence-corrected chi connectivity index (χ3v) is 4.31. The van der Waals surface area contributed by atoms with E-state index in [1.807, 2.05) is 24.3 Å². The van der Waals surface area contributed by atoms with Gasteiger partial charge in [-0.05, 0) is 30.7 Å². The summed E-state index contributed by atoms with van der Waals surface area (Å²) in [7, 11) is 0. The van der Waals surface area contributed by atoms with E-state index in [9.17, 15) is 9.90 Å². The van der Waals surface area contributed by atoms with E-state index in [0.29, 0.717) is 0 Å². The fraction of sp³-hybridized carbons (Fsp3) is 0.562. The molecule has 0 amide bonds. The van der Waals surface area contributed by atoms with Crippen LogP contribution in [0, 0.1) is 0 Å². The summed E-state index contributed by atoms with van der Waals surface area (Å²) in [6.07, 6.45) is 2.75. The van der Waals surface area contributed by atoms with Gasteiger partial charge in [0.15, 0.2) is 0 Å². The number of unbranched alkanes of at least 4 members (excludes halogenated alkanes) is 1. The molecule has 5 heteroatoms. The molecule has 1 aliphatic rings. The number of carboxylic acid groups (broad SMARTS) is 1. The van der Waals surface area contributed by atoms with Gasteiger partial charge in [-0.15, -0.1) is 0 Å². The first-order chi connectivity index (χ1) is 10.1. The van der Waals surface area contributed by atoms with Crippen molar-refractivity contribution in [1.82, 2.24) is 4.90 Å². The van der Waals surface area contributed by atoms with Crippen LogP contribution in [0.25, 0.3) is 0 Å². The lowest BCUT2D eigenvalue weighted by Gasteiger charge is -2.38. The Morgan fingerprint density at radius 1 is 1.24 bits per heavy atom. The lowest BCUT2D eigenvalue weighted by molar-refractivity contribution is -0.143. The predicted molar refractivity (Wildman–Crippen MR) is 86.2 cm³/mol. The molecular formula is C16H23ClN2O2. The standard InChI is InChI=1S/C16H23ClN2O2/c1-2-3-4-15(16(20)21)19-11-9-18(10-12-19)14-7-5-13(17)6-8-14/h5-8,15H,2-4,9-12H2,1H3,(H,20,21). The highest BCUT2D eigenvalue weighted by molar-refractivity contribution is 6.30. The molecule has 1 aromatic carbocycles. The molecule has 0 bridgehead atoms. The molecule has 1 fully saturated rings. The van der Waals surface area contributed by atoms with E-state index >= 15 is 0 Å². The van der Waals surface area contributed by atoms with Crippen molar-refractivity contribution in [3.05, 3.63) is 29.3 Å². The van der Waals surface area contributed by atoms with Crippen molar-refractivity contribution in [2.24, 2.45) is 0 Å². The minimum atomic E-state index is -0.691. The number of hydrogen-bond acceptors (Lipinski definition) is 3. The van der Waals surface area contributed by atoms with Crippen LogP contribution in [-0.4, -0.2) is 48.2 Å². The highest BCUT2D eigenvalue weighted by atomic mass is 35.5. The summed E-state index contributed by atoms with van der Waals surface area (Å²) in [4.78, 5) is 15.8. The molecule has 1 atom stereocenters. The molecule has 0 aromatic heterocycles. The SMILES string of the molecule is CCCCC(C(=O)O)N1CCN(c2ccc(Cl)cc2)CC1. The quantitative estimate of drug-likeness (QED) is 0.877. The number of benzene rings is 1. The van der Waals surface area contributed by atoms with E-state index < -0.39 is 5.97 Å². The molecule has 21 heavy (non-hydrogen) atoms. The number of halogens is 1. The van der Waals surface area contributed by atoms with Gasteiger partial charge in [-0.3, -0.25) is 9.69 Å². The lowest BCUT2D eigenvalue weighted by atomic mass is 10.1. The van der Waals surface area contributed by atoms with E-state index in [4.69, 9.17) is 11.6 Å². The first kappa shape index (κ1) is 16.1. The van der Waals surface area contributed by atoms with E-state index in [2.05, 4.69) is 16.7 Å². The van der Waals surface area contributed by atoms with Crippen LogP contribution in [0.15, 0.2) is 24.3 Å². The Morgan fingerprint density at radius 3 is 2.38 bits per heavy atom. The topological polar surface area (TPSA) is 43.8 Å². The molecule has 0 aliphatic carbocycles. The molecule has 1 aliphatic heterocycles. The van der Waals surface area contributed by atoms with Gasteiger partial charge < -0.3 is 10.0 Å². The van der Waals surface area contributed by atoms with Crippen LogP contribution in [-0.2, 0) is 4.79 Å². The van der Waals surface area contributed by atoms with Crippen molar-refractivity contribution in [3.63, 3.8) is 0 Å². The van der Waals surface area contributed by atoms with Crippen molar-refractivity contribution in [3.8, 4) is 0 Å². The first-order valence-electron chi connectivity index (χ1n) is 7.59. The van der Waals surface area contributed by atoms with Crippen LogP contribution in [0.1, 0.15) is 26.2 Å². The van der Waals surface area contributed by atoms with Crippen molar-refractivity contribution in [2.45, 2.75) is 32.2 Å². The Hall–Kier alpha value is -1.26. The van der Waals surface area contributed by atoms with Gasteiger partial charge in [-0.1, -0.05) is 31.4 Å². The number of carboxylic acids is 1. The molecule has 1 unspecified atom stereocenters. The molecule has 1 N–H and O–H groups in total. The van der Waals surface area contributed by atoms with Crippen LogP contribution in [0.3, 0.4) is 0 Å². The number of anilines is 1. The van der Waals surface area contributed by atoms with Crippen LogP contribution in [0.5, 0.6) is 0 Å². The van der Waals surface area contributed by atoms with E-state index in [-0.39, 0.29) is 6.04 Å². The molecule has 1 heterocycles. The summed E-state index contributed by atoms with van der Waals surface area (Å²) >= 11 is 5.91. The number of rotatable bonds is 6. The second-order valence-corrected chi connectivity index (χ2v) is 5.93. The minimum Gasteiger partial charge on any atom is -0.480 e. The van der Waals surface area contributed by atoms with Crippen molar-refractivity contribution in [1.29, 1.82) is 0 Å². The summed E-state index contributed by atoms with van der Waals surface area (Å²) in [6, 6.07) is 7.49. The van der Waals surface area contributed by atoms with Crippen molar-refractivity contribution < 1.29 is 9.90 Å². The average molecular weight is 311 g/mol. The van der Waals surface area contributed by atoms with Crippen LogP contribution in [0.2, 0.25) is 5.02 Å². The molecule has 0 saturated carbocycles. The highest BCUT2D eigenvalue weighted by Gasteiger charge is 2.28. The summed E-state index contributed by atoms with van der Waals surface area (Å²) in [5.41, 5.74) is 1.15. The molecule has 0 spiro atoms. The van der Waals surface area contributed by atoms with Crippen LogP contribution in [0.4, 0.5) is 5.69 Å². The van der Waals surface area contributed by atoms with Crippen molar-refractivity contribution >= 4 is 23.3 Å². The predicted octanol–water partition coefficient (Wildman–Crippen LogP) is 3.11. The summed E-state index contributed by atoms with van der Waals surface area (Å²) in [6.45, 7) is 5.40. The summed E-state index contributed by atoms with van der Waals surface area (Å²) < 4.78 is 0. The minimum absolute atomic E-state index is 0.336. The zero-order chi connectivity index (χ0) is 15.2. The Morgan fingerprint density at radius 2 is 1.86 bits per heavy atom. The average Bonchev–Trinajstić information content (AvgIpc) is 2.49. The van der Waals surface area contributed by atoms with Gasteiger partial charge in [-0.25, -0.2) is 0 Å². The second kappa shape index (κ2) is 7.66. The van der Waals surface area contributed by atoms with E-state index in [1.165, 1.54) is 0 Å². The molecular weight excluding hydrogens is 288 g/mol. The molecule has 1 saturated heterocycles. The normalized spacial score (nSPS) is 17.7. The zero-order valence-electron chi connectivity index (χ0n) is 12.5. The number of aliphatic carboxylic acids is 1. The zero-order valence-corrected chi connectivity index (χ0v) is 13.2. The third kappa shape index (κ3) is 4.35. The first-order valence-corrected chi connectivity index (χ1v) is 7.97. The number of hydrogen-bond donors (Lipinski definition) is 1. The fourth-order valence-electron chi connectivity index (χ4n) is 2.80. The van der Waals surface area contributed by atoms with Gasteiger partial charge in [0.2, 0.25) is 0 Å². The second-order valence-electron chi connectivity index (χ2n) is 5.50. The van der Waals surface area contributed by atoms with Gasteiger partial charge >= 0.3 is 5.97 Å². The van der Waals surface area contributed by atoms with Crippen molar-refractivity contribution in [2.75, 3.05) is 31.1 Å². The van der Waals surface area contributed by atoms with Crippen LogP contribution >= 0.6 is 11.6 Å². The van der Waals surface area contributed by atoms with Gasteiger partial charge in [0.05, 0.1) is 0 Å². The Balaban J connectivity index is 1.92. The highest BCUT2D eigenvalue weighted by Crippen LogP contribution is 2.21. The molecule has 116 valence electrons. The maximum Gasteiger partial charge on any atom is 0.320 e. The smallest absolute Gasteiger partial charge is 0.320 e. The van der Waals surface area contributed by atoms with E-state index in [1.54, 1.807) is 0 Å². The maximum absolute atomic E-state index is 11.4. The monoisotopic (exact) mass is 310 g/mol. The molecule has 0 radical (unpaired) electrons. The Bertz CT molecular complexity index is 456. The van der Waals surface area contributed by atoms with Crippen LogP contribution < -0.4 is 4.90 Å². The summed E-state index contributed by atoms with van der Waals surface area (Å²) in [5.74, 6) is -0.691. The van der Waals surface area contributed by atoms with Gasteiger partial charge in [0, 0.05) is 36.9 Å². The Kier molecular flexibility index (Phi) is 5.88. The number of carbonyl (C=O) groups is 1. The third-order valence-electron chi connectivity index (χ3n) is 4.06. The fourth-order valence-corrected chi connectivity index (χ4v) is 2.93. The number of nitrogens with zero attached hydrogens (tertiary/aromatic N) is 2. The maximum atomic E-state index is 11.4. The van der Waals surface area contributed by atoms with Gasteiger partial charge in [0.1, 0.15) is 6.04 Å².